The Morgan fingerprint density at radius 3 is 2.59 bits per heavy atom. The van der Waals surface area contributed by atoms with Crippen molar-refractivity contribution < 1.29 is 8.42 Å². The Bertz CT molecular complexity index is 714. The van der Waals surface area contributed by atoms with Crippen molar-refractivity contribution in [2.24, 2.45) is 5.92 Å². The van der Waals surface area contributed by atoms with E-state index in [1.165, 1.54) is 11.3 Å². The molecule has 120 valence electrons. The maximum atomic E-state index is 12.1. The van der Waals surface area contributed by atoms with Crippen molar-refractivity contribution in [2.45, 2.75) is 23.9 Å². The number of thioether (sulfide) groups is 1. The van der Waals surface area contributed by atoms with Crippen molar-refractivity contribution in [1.82, 2.24) is 10.2 Å². The molecule has 2 aromatic rings. The molecular weight excluding hydrogens is 362 g/mol. The second-order valence-electron chi connectivity index (χ2n) is 5.07. The predicted octanol–water partition coefficient (Wildman–Crippen LogP) is 3.88. The van der Waals surface area contributed by atoms with Gasteiger partial charge in [-0.25, -0.2) is 8.42 Å². The molecule has 1 heterocycles. The first-order chi connectivity index (χ1) is 10.3. The van der Waals surface area contributed by atoms with E-state index in [1.54, 1.807) is 36.0 Å². The average Bonchev–Trinajstić information content (AvgIpc) is 2.85. The number of halogens is 1. The molecule has 1 N–H and O–H groups in total. The molecule has 1 aromatic heterocycles. The lowest BCUT2D eigenvalue weighted by Gasteiger charge is -2.04. The number of nitrogens with zero attached hydrogens (tertiary/aromatic N) is 2. The monoisotopic (exact) mass is 377 g/mol. The number of nitrogens with one attached hydrogen (secondary N) is 1. The summed E-state index contributed by atoms with van der Waals surface area (Å²) in [6.45, 7) is 4.23. The van der Waals surface area contributed by atoms with Gasteiger partial charge in [0.1, 0.15) is 0 Å². The van der Waals surface area contributed by atoms with Gasteiger partial charge in [0.2, 0.25) is 15.2 Å². The first-order valence-electron chi connectivity index (χ1n) is 6.55. The van der Waals surface area contributed by atoms with Crippen LogP contribution in [0.15, 0.2) is 28.6 Å². The van der Waals surface area contributed by atoms with Crippen LogP contribution in [0.5, 0.6) is 0 Å². The van der Waals surface area contributed by atoms with E-state index in [0.29, 0.717) is 21.6 Å². The van der Waals surface area contributed by atoms with E-state index in [1.807, 2.05) is 0 Å². The highest BCUT2D eigenvalue weighted by atomic mass is 35.5. The highest BCUT2D eigenvalue weighted by molar-refractivity contribution is 8.01. The number of rotatable bonds is 7. The van der Waals surface area contributed by atoms with Gasteiger partial charge in [-0.05, 0) is 23.6 Å². The van der Waals surface area contributed by atoms with Gasteiger partial charge in [0.15, 0.2) is 4.34 Å². The third-order valence-electron chi connectivity index (χ3n) is 2.46. The molecule has 5 nitrogen and oxygen atoms in total. The molecule has 22 heavy (non-hydrogen) atoms. The standard InChI is InChI=1S/C13H16ClN3O2S3/c1-9(2)7-20-13-16-15-12(21-13)17-22(18,19)8-10-3-5-11(14)6-4-10/h3-6,9H,7-8H2,1-2H3,(H,15,17). The van der Waals surface area contributed by atoms with Gasteiger partial charge in [-0.1, -0.05) is 60.7 Å². The molecule has 1 aromatic carbocycles. The summed E-state index contributed by atoms with van der Waals surface area (Å²) in [6, 6.07) is 6.70. The third kappa shape index (κ3) is 5.75. The van der Waals surface area contributed by atoms with E-state index in [4.69, 9.17) is 11.6 Å². The van der Waals surface area contributed by atoms with E-state index in [-0.39, 0.29) is 5.75 Å². The van der Waals surface area contributed by atoms with Crippen LogP contribution in [0, 0.1) is 5.92 Å². The molecule has 0 aliphatic rings. The van der Waals surface area contributed by atoms with Gasteiger partial charge >= 0.3 is 0 Å². The molecule has 0 spiro atoms. The van der Waals surface area contributed by atoms with E-state index in [0.717, 1.165) is 10.1 Å². The fraction of sp³-hybridized carbons (Fsp3) is 0.385. The SMILES string of the molecule is CC(C)CSc1nnc(NS(=O)(=O)Cc2ccc(Cl)cc2)s1. The Hall–Kier alpha value is -0.830. The second kappa shape index (κ2) is 7.63. The van der Waals surface area contributed by atoms with Gasteiger partial charge in [-0.3, -0.25) is 4.72 Å². The molecule has 0 bridgehead atoms. The number of hydrogen-bond acceptors (Lipinski definition) is 6. The lowest BCUT2D eigenvalue weighted by molar-refractivity contribution is 0.600. The van der Waals surface area contributed by atoms with Crippen LogP contribution in [-0.4, -0.2) is 24.4 Å². The molecule has 0 unspecified atom stereocenters. The fourth-order valence-corrected chi connectivity index (χ4v) is 4.78. The Morgan fingerprint density at radius 2 is 1.95 bits per heavy atom. The van der Waals surface area contributed by atoms with Crippen molar-refractivity contribution in [3.05, 3.63) is 34.9 Å². The molecule has 0 atom stereocenters. The first kappa shape index (κ1) is 17.5. The Labute approximate surface area is 143 Å². The summed E-state index contributed by atoms with van der Waals surface area (Å²) in [5.41, 5.74) is 0.663. The summed E-state index contributed by atoms with van der Waals surface area (Å²) in [6.07, 6.45) is 0. The zero-order chi connectivity index (χ0) is 16.2. The van der Waals surface area contributed by atoms with E-state index < -0.39 is 10.0 Å². The number of hydrogen-bond donors (Lipinski definition) is 1. The van der Waals surface area contributed by atoms with Crippen molar-refractivity contribution in [3.8, 4) is 0 Å². The zero-order valence-electron chi connectivity index (χ0n) is 12.1. The highest BCUT2D eigenvalue weighted by Crippen LogP contribution is 2.27. The van der Waals surface area contributed by atoms with Crippen LogP contribution in [0.2, 0.25) is 5.02 Å². The van der Waals surface area contributed by atoms with Crippen molar-refractivity contribution in [3.63, 3.8) is 0 Å². The van der Waals surface area contributed by atoms with Crippen molar-refractivity contribution >= 4 is 49.9 Å². The van der Waals surface area contributed by atoms with Crippen LogP contribution in [0.3, 0.4) is 0 Å². The molecule has 0 fully saturated rings. The van der Waals surface area contributed by atoms with Gasteiger partial charge in [-0.2, -0.15) is 0 Å². The van der Waals surface area contributed by atoms with Gasteiger partial charge < -0.3 is 0 Å². The van der Waals surface area contributed by atoms with Crippen LogP contribution in [0.4, 0.5) is 5.13 Å². The van der Waals surface area contributed by atoms with Gasteiger partial charge in [0, 0.05) is 10.8 Å². The van der Waals surface area contributed by atoms with Crippen LogP contribution >= 0.6 is 34.7 Å². The molecule has 0 saturated heterocycles. The fourth-order valence-electron chi connectivity index (χ4n) is 1.52. The summed E-state index contributed by atoms with van der Waals surface area (Å²) in [5.74, 6) is 1.34. The summed E-state index contributed by atoms with van der Waals surface area (Å²) in [5, 5.41) is 8.72. The first-order valence-corrected chi connectivity index (χ1v) is 10.4. The van der Waals surface area contributed by atoms with Crippen molar-refractivity contribution in [2.75, 3.05) is 10.5 Å². The lowest BCUT2D eigenvalue weighted by atomic mass is 10.2. The van der Waals surface area contributed by atoms with Gasteiger partial charge in [-0.15, -0.1) is 10.2 Å². The average molecular weight is 378 g/mol. The second-order valence-corrected chi connectivity index (χ2v) is 9.47. The Balaban J connectivity index is 1.98. The van der Waals surface area contributed by atoms with Gasteiger partial charge in [0.05, 0.1) is 5.75 Å². The summed E-state index contributed by atoms with van der Waals surface area (Å²) in [4.78, 5) is 0. The zero-order valence-corrected chi connectivity index (χ0v) is 15.3. The van der Waals surface area contributed by atoms with E-state index >= 15 is 0 Å². The lowest BCUT2D eigenvalue weighted by Crippen LogP contribution is -2.14. The largest absolute Gasteiger partial charge is 0.257 e. The Kier molecular flexibility index (Phi) is 6.08. The summed E-state index contributed by atoms with van der Waals surface area (Å²) in [7, 11) is -3.51. The topological polar surface area (TPSA) is 72.0 Å². The predicted molar refractivity (Wildman–Crippen MR) is 93.2 cm³/mol. The van der Waals surface area contributed by atoms with Gasteiger partial charge in [0.25, 0.3) is 0 Å². The minimum Gasteiger partial charge on any atom is -0.257 e. The molecule has 0 aliphatic heterocycles. The molecular formula is C13H16ClN3O2S3. The molecule has 0 radical (unpaired) electrons. The molecule has 0 amide bonds. The molecule has 0 saturated carbocycles. The number of aromatic nitrogens is 2. The number of sulfonamides is 1. The maximum Gasteiger partial charge on any atom is 0.238 e. The third-order valence-corrected chi connectivity index (χ3v) is 6.46. The van der Waals surface area contributed by atoms with Crippen molar-refractivity contribution in [1.29, 1.82) is 0 Å². The Morgan fingerprint density at radius 1 is 1.27 bits per heavy atom. The molecule has 2 rings (SSSR count). The smallest absolute Gasteiger partial charge is 0.238 e. The quantitative estimate of drug-likeness (QED) is 0.741. The minimum absolute atomic E-state index is 0.127. The normalized spacial score (nSPS) is 11.8. The molecule has 0 aliphatic carbocycles. The molecule has 9 heteroatoms. The minimum atomic E-state index is -3.51. The van der Waals surface area contributed by atoms with Crippen LogP contribution in [0.1, 0.15) is 19.4 Å². The van der Waals surface area contributed by atoms with Crippen LogP contribution in [0.25, 0.3) is 0 Å². The highest BCUT2D eigenvalue weighted by Gasteiger charge is 2.15. The summed E-state index contributed by atoms with van der Waals surface area (Å²) >= 11 is 8.60. The summed E-state index contributed by atoms with van der Waals surface area (Å²) < 4.78 is 27.5. The van der Waals surface area contributed by atoms with E-state index in [2.05, 4.69) is 28.8 Å². The number of benzene rings is 1. The van der Waals surface area contributed by atoms with Crippen LogP contribution in [-0.2, 0) is 15.8 Å². The van der Waals surface area contributed by atoms with Crippen LogP contribution < -0.4 is 4.72 Å². The van der Waals surface area contributed by atoms with E-state index in [9.17, 15) is 8.42 Å². The number of anilines is 1. The maximum absolute atomic E-state index is 12.1.